The fraction of sp³-hybridized carbons (Fsp3) is 0.333. The first-order valence-electron chi connectivity index (χ1n) is 3.53. The van der Waals surface area contributed by atoms with Gasteiger partial charge in [0.05, 0.1) is 0 Å². The highest BCUT2D eigenvalue weighted by Crippen LogP contribution is 1.97. The van der Waals surface area contributed by atoms with Crippen molar-refractivity contribution in [2.24, 2.45) is 0 Å². The third-order valence-electron chi connectivity index (χ3n) is 1.47. The molecule has 0 fully saturated rings. The number of hydrogen-bond acceptors (Lipinski definition) is 0. The third-order valence-corrected chi connectivity index (χ3v) is 1.47. The zero-order valence-corrected chi connectivity index (χ0v) is 6.25. The Morgan fingerprint density at radius 3 is 2.50 bits per heavy atom. The van der Waals surface area contributed by atoms with E-state index >= 15 is 0 Å². The van der Waals surface area contributed by atoms with Gasteiger partial charge >= 0.3 is 0 Å². The monoisotopic (exact) mass is 137 g/mol. The summed E-state index contributed by atoms with van der Waals surface area (Å²) < 4.78 is 4.03. The second-order valence-corrected chi connectivity index (χ2v) is 2.28. The molecule has 0 aliphatic heterocycles. The lowest BCUT2D eigenvalue weighted by Gasteiger charge is -1.95. The van der Waals surface area contributed by atoms with Crippen molar-refractivity contribution in [1.82, 2.24) is 0 Å². The first kappa shape index (κ1) is 7.29. The predicted octanol–water partition coefficient (Wildman–Crippen LogP) is 1.39. The van der Waals surface area contributed by atoms with Crippen molar-refractivity contribution >= 4 is 0 Å². The van der Waals surface area contributed by atoms with E-state index in [1.807, 2.05) is 13.2 Å². The van der Waals surface area contributed by atoms with Crippen LogP contribution in [0.1, 0.15) is 5.56 Å². The Morgan fingerprint density at radius 1 is 1.20 bits per heavy atom. The maximum absolute atomic E-state index is 4.03. The number of benzene rings is 1. The quantitative estimate of drug-likeness (QED) is 0.558. The Bertz CT molecular complexity index is 169. The van der Waals surface area contributed by atoms with Crippen LogP contribution in [0.25, 0.3) is 0 Å². The van der Waals surface area contributed by atoms with E-state index in [0.717, 1.165) is 13.0 Å². The van der Waals surface area contributed by atoms with Gasteiger partial charge in [-0.1, -0.05) is 30.3 Å². The van der Waals surface area contributed by atoms with Crippen molar-refractivity contribution in [2.45, 2.75) is 6.42 Å². The van der Waals surface area contributed by atoms with Crippen LogP contribution in [0.3, 0.4) is 0 Å². The molecule has 1 nitrogen and oxygen atoms in total. The Kier molecular flexibility index (Phi) is 2.97. The van der Waals surface area contributed by atoms with Gasteiger partial charge in [-0.15, -0.1) is 0 Å². The van der Waals surface area contributed by atoms with Crippen LogP contribution in [0.2, 0.25) is 0 Å². The molecule has 1 aromatic rings. The summed E-state index contributed by atoms with van der Waals surface area (Å²) in [5, 5.41) is 0. The average molecular weight is 137 g/mol. The lowest BCUT2D eigenvalue weighted by molar-refractivity contribution is 0.0179. The molecule has 1 heteroatoms. The van der Waals surface area contributed by atoms with E-state index in [1.165, 1.54) is 5.56 Å². The molecule has 0 atom stereocenters. The lowest BCUT2D eigenvalue weighted by Crippen LogP contribution is -1.97. The normalized spacial score (nSPS) is 9.70. The zero-order valence-electron chi connectivity index (χ0n) is 6.25. The molecule has 1 N–H and O–H groups in total. The Hall–Kier alpha value is -0.820. The fourth-order valence-corrected chi connectivity index (χ4v) is 0.886. The molecular formula is C9H13O+. The molecule has 0 amide bonds. The molecule has 10 heavy (non-hydrogen) atoms. The summed E-state index contributed by atoms with van der Waals surface area (Å²) in [6, 6.07) is 10.4. The molecule has 0 spiro atoms. The van der Waals surface area contributed by atoms with E-state index in [0.29, 0.717) is 0 Å². The molecule has 1 aromatic carbocycles. The summed E-state index contributed by atoms with van der Waals surface area (Å²) >= 11 is 0. The number of rotatable bonds is 3. The van der Waals surface area contributed by atoms with Crippen molar-refractivity contribution in [1.29, 1.82) is 0 Å². The van der Waals surface area contributed by atoms with Crippen LogP contribution in [0, 0.1) is 0 Å². The molecule has 0 radical (unpaired) electrons. The predicted molar refractivity (Wildman–Crippen MR) is 43.2 cm³/mol. The van der Waals surface area contributed by atoms with Crippen molar-refractivity contribution in [3.63, 3.8) is 0 Å². The molecule has 0 aromatic heterocycles. The highest BCUT2D eigenvalue weighted by molar-refractivity contribution is 5.14. The molecule has 1 rings (SSSR count). The largest absolute Gasteiger partial charge is 0.436 e. The van der Waals surface area contributed by atoms with Gasteiger partial charge in [0.1, 0.15) is 13.7 Å². The van der Waals surface area contributed by atoms with Gasteiger partial charge in [0, 0.05) is 6.42 Å². The standard InChI is InChI=1S/C9H12O/c1-10-8-7-9-5-3-2-4-6-9/h2-6H,7-8H2,1H3/p+1. The maximum Gasteiger partial charge on any atom is 0.148 e. The van der Waals surface area contributed by atoms with Gasteiger partial charge in [0.25, 0.3) is 0 Å². The van der Waals surface area contributed by atoms with Gasteiger partial charge < -0.3 is 4.74 Å². The van der Waals surface area contributed by atoms with E-state index in [9.17, 15) is 0 Å². The summed E-state index contributed by atoms with van der Waals surface area (Å²) in [6.45, 7) is 0.935. The van der Waals surface area contributed by atoms with Gasteiger partial charge in [-0.3, -0.25) is 0 Å². The minimum atomic E-state index is 0.935. The minimum absolute atomic E-state index is 0.935. The van der Waals surface area contributed by atoms with Crippen molar-refractivity contribution < 1.29 is 4.74 Å². The molecule has 0 unspecified atom stereocenters. The number of aliphatic hydroxyl groups is 2. The van der Waals surface area contributed by atoms with Crippen LogP contribution < -0.4 is 0 Å². The Balaban J connectivity index is 2.43. The van der Waals surface area contributed by atoms with Gasteiger partial charge in [0.2, 0.25) is 0 Å². The molecule has 0 heterocycles. The average Bonchev–Trinajstić information content (AvgIpc) is 2.03. The smallest absolute Gasteiger partial charge is 0.148 e. The van der Waals surface area contributed by atoms with Crippen LogP contribution >= 0.6 is 0 Å². The zero-order chi connectivity index (χ0) is 7.23. The molecule has 0 saturated heterocycles. The van der Waals surface area contributed by atoms with Crippen LogP contribution in [0.4, 0.5) is 0 Å². The van der Waals surface area contributed by atoms with E-state index in [-0.39, 0.29) is 0 Å². The minimum Gasteiger partial charge on any atom is -0.436 e. The summed E-state index contributed by atoms with van der Waals surface area (Å²) in [6.07, 6.45) is 1.07. The van der Waals surface area contributed by atoms with Crippen LogP contribution in [0.15, 0.2) is 30.3 Å². The van der Waals surface area contributed by atoms with E-state index in [1.54, 1.807) is 0 Å². The maximum atomic E-state index is 4.03. The second-order valence-electron chi connectivity index (χ2n) is 2.28. The summed E-state index contributed by atoms with van der Waals surface area (Å²) in [5.74, 6) is 0. The van der Waals surface area contributed by atoms with Gasteiger partial charge in [-0.05, 0) is 5.56 Å². The fourth-order valence-electron chi connectivity index (χ4n) is 0.886. The van der Waals surface area contributed by atoms with Crippen LogP contribution in [-0.4, -0.2) is 18.5 Å². The van der Waals surface area contributed by atoms with E-state index < -0.39 is 0 Å². The van der Waals surface area contributed by atoms with E-state index in [4.69, 9.17) is 0 Å². The Labute approximate surface area is 61.6 Å². The first-order valence-corrected chi connectivity index (χ1v) is 3.53. The molecule has 0 bridgehead atoms. The molecular weight excluding hydrogens is 124 g/mol. The number of hydrogen-bond donors (Lipinski definition) is 0. The molecule has 0 saturated carbocycles. The first-order chi connectivity index (χ1) is 4.93. The van der Waals surface area contributed by atoms with Crippen molar-refractivity contribution in [3.05, 3.63) is 35.9 Å². The SMILES string of the molecule is C[OH+]CCc1ccccc1. The van der Waals surface area contributed by atoms with Crippen molar-refractivity contribution in [2.75, 3.05) is 13.7 Å². The van der Waals surface area contributed by atoms with Gasteiger partial charge in [-0.2, -0.15) is 0 Å². The molecule has 0 aliphatic carbocycles. The molecule has 0 aliphatic rings. The van der Waals surface area contributed by atoms with Gasteiger partial charge in [-0.25, -0.2) is 0 Å². The lowest BCUT2D eigenvalue weighted by atomic mass is 10.2. The second kappa shape index (κ2) is 4.07. The number of ether oxygens (including phenoxy) is 1. The van der Waals surface area contributed by atoms with Crippen LogP contribution in [0.5, 0.6) is 0 Å². The summed E-state index contributed by atoms with van der Waals surface area (Å²) in [7, 11) is 1.85. The highest BCUT2D eigenvalue weighted by atomic mass is 16.5. The van der Waals surface area contributed by atoms with E-state index in [2.05, 4.69) is 29.0 Å². The third kappa shape index (κ3) is 2.19. The topological polar surface area (TPSA) is 12.8 Å². The highest BCUT2D eigenvalue weighted by Gasteiger charge is 1.90. The van der Waals surface area contributed by atoms with Crippen molar-refractivity contribution in [3.8, 4) is 0 Å². The Morgan fingerprint density at radius 2 is 1.90 bits per heavy atom. The summed E-state index contributed by atoms with van der Waals surface area (Å²) in [4.78, 5) is 0. The summed E-state index contributed by atoms with van der Waals surface area (Å²) in [5.41, 5.74) is 1.37. The van der Waals surface area contributed by atoms with Crippen LogP contribution in [-0.2, 0) is 6.42 Å². The molecule has 54 valence electrons. The van der Waals surface area contributed by atoms with Gasteiger partial charge in [0.15, 0.2) is 0 Å².